The summed E-state index contributed by atoms with van der Waals surface area (Å²) < 4.78 is 12.2. The minimum absolute atomic E-state index is 0.297. The van der Waals surface area contributed by atoms with E-state index in [-0.39, 0.29) is 11.8 Å². The van der Waals surface area contributed by atoms with E-state index in [2.05, 4.69) is 10.7 Å². The topological polar surface area (TPSA) is 82.9 Å². The summed E-state index contributed by atoms with van der Waals surface area (Å²) in [6.07, 6.45) is 1.87. The molecule has 0 radical (unpaired) electrons. The fraction of sp³-hybridized carbons (Fsp3) is 0.222. The van der Waals surface area contributed by atoms with E-state index < -0.39 is 12.1 Å². The molecule has 0 unspecified atom stereocenters. The third-order valence-corrected chi connectivity index (χ3v) is 5.93. The van der Waals surface area contributed by atoms with Crippen molar-refractivity contribution in [2.24, 2.45) is 0 Å². The molecule has 0 bridgehead atoms. The number of carbonyl (C=O) groups is 2. The molecular formula is C27H29N4O4+. The van der Waals surface area contributed by atoms with Gasteiger partial charge in [0.25, 0.3) is 5.91 Å². The lowest BCUT2D eigenvalue weighted by Gasteiger charge is -2.15. The SMILES string of the molecule is COc1ccc(C(=O)N[C@H]2C(=O)N/[N+](=C\c3ccc(N(C)C)cc3)[C@H]2c2ccc(OC)cc2)cc1. The number of benzene rings is 3. The van der Waals surface area contributed by atoms with Crippen LogP contribution in [0.3, 0.4) is 0 Å². The van der Waals surface area contributed by atoms with Crippen LogP contribution in [-0.2, 0) is 4.79 Å². The molecule has 2 amide bonds. The second-order valence-corrected chi connectivity index (χ2v) is 8.40. The van der Waals surface area contributed by atoms with Crippen molar-refractivity contribution in [1.82, 2.24) is 10.7 Å². The molecule has 0 aliphatic carbocycles. The number of hydrazone groups is 1. The Morgan fingerprint density at radius 2 is 1.49 bits per heavy atom. The first kappa shape index (κ1) is 23.8. The number of carbonyl (C=O) groups excluding carboxylic acids is 2. The molecule has 2 N–H and O–H groups in total. The van der Waals surface area contributed by atoms with Gasteiger partial charge in [-0.05, 0) is 72.8 Å². The van der Waals surface area contributed by atoms with Gasteiger partial charge in [-0.2, -0.15) is 0 Å². The molecule has 1 fully saturated rings. The van der Waals surface area contributed by atoms with Gasteiger partial charge in [0.1, 0.15) is 11.5 Å². The number of hydrogen-bond donors (Lipinski definition) is 2. The van der Waals surface area contributed by atoms with E-state index in [0.29, 0.717) is 17.1 Å². The average molecular weight is 474 g/mol. The van der Waals surface area contributed by atoms with Crippen molar-refractivity contribution >= 4 is 23.7 Å². The molecule has 8 heteroatoms. The molecule has 4 rings (SSSR count). The lowest BCUT2D eigenvalue weighted by molar-refractivity contribution is -0.596. The van der Waals surface area contributed by atoms with E-state index >= 15 is 0 Å². The highest BCUT2D eigenvalue weighted by atomic mass is 16.5. The highest BCUT2D eigenvalue weighted by molar-refractivity contribution is 5.98. The summed E-state index contributed by atoms with van der Waals surface area (Å²) in [5.74, 6) is 0.717. The van der Waals surface area contributed by atoms with E-state index in [1.807, 2.05) is 73.7 Å². The standard InChI is InChI=1S/C27H28N4O4/c1-30(2)21-11-5-18(6-12-21)17-31-25(19-7-13-22(34-3)14-8-19)24(27(33)29-31)28-26(32)20-9-15-23(35-4)16-10-20/h5-17,24-25H,1-4H3,(H-,28,29,32,33)/p+1/t24-,25+/m1/s1. The number of methoxy groups -OCH3 is 2. The molecule has 1 saturated heterocycles. The van der Waals surface area contributed by atoms with Crippen LogP contribution in [-0.4, -0.2) is 57.1 Å². The predicted octanol–water partition coefficient (Wildman–Crippen LogP) is 2.79. The van der Waals surface area contributed by atoms with Crippen LogP contribution in [0.4, 0.5) is 5.69 Å². The molecule has 3 aromatic carbocycles. The van der Waals surface area contributed by atoms with Gasteiger partial charge in [-0.3, -0.25) is 9.59 Å². The number of ether oxygens (including phenoxy) is 2. The molecule has 3 aromatic rings. The molecule has 2 atom stereocenters. The van der Waals surface area contributed by atoms with E-state index in [1.54, 1.807) is 43.2 Å². The third kappa shape index (κ3) is 5.27. The first-order valence-corrected chi connectivity index (χ1v) is 11.2. The monoisotopic (exact) mass is 473 g/mol. The fourth-order valence-corrected chi connectivity index (χ4v) is 3.97. The highest BCUT2D eigenvalue weighted by Gasteiger charge is 2.47. The average Bonchev–Trinajstić information content (AvgIpc) is 3.18. The van der Waals surface area contributed by atoms with Crippen molar-refractivity contribution in [3.8, 4) is 11.5 Å². The molecule has 1 aliphatic heterocycles. The van der Waals surface area contributed by atoms with Crippen LogP contribution >= 0.6 is 0 Å². The highest BCUT2D eigenvalue weighted by Crippen LogP contribution is 2.27. The Kier molecular flexibility index (Phi) is 7.01. The second-order valence-electron chi connectivity index (χ2n) is 8.40. The van der Waals surface area contributed by atoms with Crippen molar-refractivity contribution in [2.45, 2.75) is 12.1 Å². The minimum Gasteiger partial charge on any atom is -0.497 e. The molecule has 1 aliphatic rings. The van der Waals surface area contributed by atoms with Crippen LogP contribution < -0.4 is 25.1 Å². The predicted molar refractivity (Wildman–Crippen MR) is 134 cm³/mol. The number of amides is 2. The van der Waals surface area contributed by atoms with Crippen molar-refractivity contribution in [1.29, 1.82) is 0 Å². The smallest absolute Gasteiger partial charge is 0.304 e. The van der Waals surface area contributed by atoms with Crippen LogP contribution in [0, 0.1) is 0 Å². The summed E-state index contributed by atoms with van der Waals surface area (Å²) in [5, 5.41) is 2.91. The van der Waals surface area contributed by atoms with Gasteiger partial charge in [-0.1, -0.05) is 0 Å². The van der Waals surface area contributed by atoms with Crippen LogP contribution in [0.2, 0.25) is 0 Å². The molecule has 0 saturated carbocycles. The fourth-order valence-electron chi connectivity index (χ4n) is 3.97. The number of hydrazine groups is 1. The summed E-state index contributed by atoms with van der Waals surface area (Å²) in [5.41, 5.74) is 6.18. The minimum atomic E-state index is -0.810. The maximum atomic E-state index is 13.1. The van der Waals surface area contributed by atoms with Gasteiger partial charge in [0, 0.05) is 36.5 Å². The molecule has 0 aromatic heterocycles. The first-order valence-electron chi connectivity index (χ1n) is 11.2. The quantitative estimate of drug-likeness (QED) is 0.516. The normalized spacial score (nSPS) is 18.2. The first-order chi connectivity index (χ1) is 16.9. The number of rotatable bonds is 7. The maximum absolute atomic E-state index is 13.1. The van der Waals surface area contributed by atoms with Gasteiger partial charge in [0.05, 0.1) is 14.2 Å². The molecule has 35 heavy (non-hydrogen) atoms. The number of nitrogens with zero attached hydrogens (tertiary/aromatic N) is 2. The Morgan fingerprint density at radius 1 is 0.914 bits per heavy atom. The van der Waals surface area contributed by atoms with Gasteiger partial charge >= 0.3 is 5.91 Å². The Hall–Kier alpha value is -4.33. The zero-order valence-corrected chi connectivity index (χ0v) is 20.2. The molecule has 1 heterocycles. The van der Waals surface area contributed by atoms with E-state index in [0.717, 1.165) is 16.8 Å². The van der Waals surface area contributed by atoms with Gasteiger partial charge in [-0.25, -0.2) is 0 Å². The summed E-state index contributed by atoms with van der Waals surface area (Å²) in [4.78, 5) is 28.1. The van der Waals surface area contributed by atoms with Crippen molar-refractivity contribution < 1.29 is 23.7 Å². The van der Waals surface area contributed by atoms with Crippen molar-refractivity contribution in [2.75, 3.05) is 33.2 Å². The third-order valence-electron chi connectivity index (χ3n) is 5.93. The lowest BCUT2D eigenvalue weighted by atomic mass is 9.99. The largest absolute Gasteiger partial charge is 0.497 e. The number of hydrogen-bond acceptors (Lipinski definition) is 5. The van der Waals surface area contributed by atoms with Crippen LogP contribution in [0.25, 0.3) is 0 Å². The molecular weight excluding hydrogens is 444 g/mol. The second kappa shape index (κ2) is 10.3. The lowest BCUT2D eigenvalue weighted by Crippen LogP contribution is -2.42. The van der Waals surface area contributed by atoms with Crippen LogP contribution in [0.1, 0.15) is 27.5 Å². The van der Waals surface area contributed by atoms with Crippen LogP contribution in [0.5, 0.6) is 11.5 Å². The molecule has 8 nitrogen and oxygen atoms in total. The van der Waals surface area contributed by atoms with E-state index in [9.17, 15) is 9.59 Å². The Bertz CT molecular complexity index is 1220. The zero-order chi connectivity index (χ0) is 24.9. The zero-order valence-electron chi connectivity index (χ0n) is 20.2. The van der Waals surface area contributed by atoms with Crippen molar-refractivity contribution in [3.63, 3.8) is 0 Å². The molecule has 0 spiro atoms. The van der Waals surface area contributed by atoms with Gasteiger partial charge in [-0.15, -0.1) is 10.1 Å². The Morgan fingerprint density at radius 3 is 2.03 bits per heavy atom. The summed E-state index contributed by atoms with van der Waals surface area (Å²) in [6.45, 7) is 0. The van der Waals surface area contributed by atoms with Gasteiger partial charge in [0.2, 0.25) is 12.3 Å². The van der Waals surface area contributed by atoms with Crippen LogP contribution in [0.15, 0.2) is 72.8 Å². The maximum Gasteiger partial charge on any atom is 0.304 e. The molecule has 180 valence electrons. The summed E-state index contributed by atoms with van der Waals surface area (Å²) in [6, 6.07) is 20.9. The Balaban J connectivity index is 1.67. The van der Waals surface area contributed by atoms with Crippen molar-refractivity contribution in [3.05, 3.63) is 89.5 Å². The number of anilines is 1. The summed E-state index contributed by atoms with van der Waals surface area (Å²) in [7, 11) is 7.13. The van der Waals surface area contributed by atoms with Gasteiger partial charge in [0.15, 0.2) is 6.04 Å². The van der Waals surface area contributed by atoms with E-state index in [4.69, 9.17) is 9.47 Å². The van der Waals surface area contributed by atoms with Gasteiger partial charge < -0.3 is 19.7 Å². The number of nitrogens with one attached hydrogen (secondary N) is 2. The van der Waals surface area contributed by atoms with E-state index in [1.165, 1.54) is 0 Å². The summed E-state index contributed by atoms with van der Waals surface area (Å²) >= 11 is 0. The Labute approximate surface area is 204 Å².